The molecule has 0 saturated heterocycles. The molecule has 16 heteroatoms. The predicted molar refractivity (Wildman–Crippen MR) is 220 cm³/mol. The van der Waals surface area contributed by atoms with Crippen LogP contribution in [0.15, 0.2) is 104 Å². The Balaban J connectivity index is 0.000000127. The quantitative estimate of drug-likeness (QED) is 0.125. The van der Waals surface area contributed by atoms with Gasteiger partial charge in [-0.3, -0.25) is 4.98 Å². The highest BCUT2D eigenvalue weighted by molar-refractivity contribution is 7.22. The third-order valence-electron chi connectivity index (χ3n) is 7.90. The van der Waals surface area contributed by atoms with Crippen molar-refractivity contribution in [1.82, 2.24) is 34.9 Å². The SMILES string of the molecule is CNc1ccc(-c2nc3cc(O)ccc3s2)cn1.CNc1ncc(-c2nc3cc(O)ccc3s2)cn1.COc1ccc2sc(-c3ccncc3C#N)nc2c1. The Morgan fingerprint density at radius 3 is 1.80 bits per heavy atom. The van der Waals surface area contributed by atoms with Crippen molar-refractivity contribution in [3.8, 4) is 55.0 Å². The number of hydrogen-bond acceptors (Lipinski definition) is 16. The van der Waals surface area contributed by atoms with Crippen LogP contribution in [0.5, 0.6) is 17.2 Å². The molecule has 0 aliphatic rings. The minimum absolute atomic E-state index is 0.223. The molecule has 55 heavy (non-hydrogen) atoms. The van der Waals surface area contributed by atoms with Gasteiger partial charge in [-0.05, 0) is 54.6 Å². The summed E-state index contributed by atoms with van der Waals surface area (Å²) in [7, 11) is 5.24. The molecule has 6 heterocycles. The van der Waals surface area contributed by atoms with Gasteiger partial charge in [0, 0.05) is 80.0 Å². The van der Waals surface area contributed by atoms with Crippen LogP contribution >= 0.6 is 34.0 Å². The first-order chi connectivity index (χ1) is 26.8. The maximum Gasteiger partial charge on any atom is 0.222 e. The van der Waals surface area contributed by atoms with Crippen LogP contribution in [-0.2, 0) is 0 Å². The molecule has 0 aliphatic carbocycles. The van der Waals surface area contributed by atoms with Gasteiger partial charge in [-0.1, -0.05) is 0 Å². The Bertz CT molecular complexity index is 2660. The van der Waals surface area contributed by atoms with Gasteiger partial charge in [0.25, 0.3) is 0 Å². The van der Waals surface area contributed by atoms with E-state index in [-0.39, 0.29) is 11.5 Å². The van der Waals surface area contributed by atoms with Crippen molar-refractivity contribution in [2.45, 2.75) is 0 Å². The number of nitrogens with one attached hydrogen (secondary N) is 2. The maximum atomic E-state index is 9.42. The Morgan fingerprint density at radius 2 is 1.22 bits per heavy atom. The minimum Gasteiger partial charge on any atom is -0.508 e. The van der Waals surface area contributed by atoms with Gasteiger partial charge in [0.1, 0.15) is 44.2 Å². The number of aromatic nitrogens is 7. The van der Waals surface area contributed by atoms with E-state index in [0.717, 1.165) is 73.9 Å². The standard InChI is InChI=1S/C14H9N3OS.C13H11N3OS.C12H10N4OS/c1-18-10-2-3-13-12(6-10)17-14(19-13)11-4-5-16-8-9(11)7-15;1-14-12-5-2-8(7-15-12)13-16-10-6-9(17)3-4-11(10)18-13;1-13-12-14-5-7(6-15-12)11-16-9-4-8(17)2-3-10(9)18-11/h2-6,8H,1H3;2-7,17H,1H3,(H,14,15);2-6,17H,1H3,(H,13,14,15). The molecule has 0 amide bonds. The average molecular weight is 783 g/mol. The summed E-state index contributed by atoms with van der Waals surface area (Å²) >= 11 is 4.69. The topological polar surface area (TPSA) is 188 Å². The maximum absolute atomic E-state index is 9.42. The molecule has 0 unspecified atom stereocenters. The van der Waals surface area contributed by atoms with Gasteiger partial charge >= 0.3 is 0 Å². The first-order valence-corrected chi connectivity index (χ1v) is 18.9. The van der Waals surface area contributed by atoms with Gasteiger partial charge in [0.05, 0.1) is 43.3 Å². The predicted octanol–water partition coefficient (Wildman–Crippen LogP) is 8.84. The van der Waals surface area contributed by atoms with Gasteiger partial charge in [0.15, 0.2) is 0 Å². The van der Waals surface area contributed by atoms with Crippen LogP contribution in [0.4, 0.5) is 11.8 Å². The van der Waals surface area contributed by atoms with E-state index in [1.54, 1.807) is 103 Å². The molecular weight excluding hydrogens is 753 g/mol. The Kier molecular flexibility index (Phi) is 10.9. The second kappa shape index (κ2) is 16.5. The first kappa shape index (κ1) is 36.6. The molecule has 0 radical (unpaired) electrons. The van der Waals surface area contributed by atoms with E-state index in [1.165, 1.54) is 0 Å². The summed E-state index contributed by atoms with van der Waals surface area (Å²) in [6.45, 7) is 0. The highest BCUT2D eigenvalue weighted by Gasteiger charge is 2.12. The smallest absolute Gasteiger partial charge is 0.222 e. The Hall–Kier alpha value is -6.80. The fraction of sp³-hybridized carbons (Fsp3) is 0.0769. The number of ether oxygens (including phenoxy) is 1. The fourth-order valence-corrected chi connectivity index (χ4v) is 7.98. The second-order valence-corrected chi connectivity index (χ2v) is 14.5. The van der Waals surface area contributed by atoms with Crippen LogP contribution in [0.3, 0.4) is 0 Å². The number of pyridine rings is 2. The number of fused-ring (bicyclic) bond motifs is 3. The molecule has 0 bridgehead atoms. The van der Waals surface area contributed by atoms with Crippen molar-refractivity contribution in [3.63, 3.8) is 0 Å². The second-order valence-electron chi connectivity index (χ2n) is 11.5. The number of nitriles is 1. The Labute approximate surface area is 326 Å². The first-order valence-electron chi connectivity index (χ1n) is 16.5. The summed E-state index contributed by atoms with van der Waals surface area (Å²) in [5.41, 5.74) is 5.68. The lowest BCUT2D eigenvalue weighted by Gasteiger charge is -1.99. The van der Waals surface area contributed by atoms with Crippen molar-refractivity contribution >= 4 is 76.4 Å². The zero-order chi connectivity index (χ0) is 38.3. The number of phenols is 2. The number of methoxy groups -OCH3 is 1. The van der Waals surface area contributed by atoms with Gasteiger partial charge in [-0.15, -0.1) is 34.0 Å². The average Bonchev–Trinajstić information content (AvgIpc) is 3.97. The molecule has 272 valence electrons. The molecule has 0 fully saturated rings. The highest BCUT2D eigenvalue weighted by atomic mass is 32.1. The van der Waals surface area contributed by atoms with Crippen LogP contribution in [0.2, 0.25) is 0 Å². The minimum atomic E-state index is 0.223. The fourth-order valence-electron chi connectivity index (χ4n) is 5.13. The van der Waals surface area contributed by atoms with Crippen molar-refractivity contribution in [3.05, 3.63) is 109 Å². The van der Waals surface area contributed by atoms with E-state index in [9.17, 15) is 10.2 Å². The van der Waals surface area contributed by atoms with Gasteiger partial charge < -0.3 is 25.6 Å². The third-order valence-corrected chi connectivity index (χ3v) is 11.1. The van der Waals surface area contributed by atoms with E-state index in [4.69, 9.17) is 10.00 Å². The molecule has 13 nitrogen and oxygen atoms in total. The number of anilines is 2. The molecule has 0 saturated carbocycles. The number of rotatable bonds is 6. The largest absolute Gasteiger partial charge is 0.508 e. The lowest BCUT2D eigenvalue weighted by molar-refractivity contribution is 0.415. The number of nitrogens with zero attached hydrogens (tertiary/aromatic N) is 8. The molecule has 0 spiro atoms. The van der Waals surface area contributed by atoms with E-state index in [2.05, 4.69) is 51.6 Å². The summed E-state index contributed by atoms with van der Waals surface area (Å²) < 4.78 is 8.33. The zero-order valence-corrected chi connectivity index (χ0v) is 31.9. The number of phenolic OH excluding ortho intramolecular Hbond substituents is 2. The number of hydrogen-bond donors (Lipinski definition) is 4. The summed E-state index contributed by atoms with van der Waals surface area (Å²) in [6.07, 6.45) is 8.49. The molecule has 9 rings (SSSR count). The van der Waals surface area contributed by atoms with Crippen molar-refractivity contribution in [2.24, 2.45) is 0 Å². The third kappa shape index (κ3) is 8.39. The lowest BCUT2D eigenvalue weighted by Crippen LogP contribution is -1.95. The van der Waals surface area contributed by atoms with Crippen molar-refractivity contribution < 1.29 is 14.9 Å². The number of benzene rings is 3. The van der Waals surface area contributed by atoms with E-state index >= 15 is 0 Å². The summed E-state index contributed by atoms with van der Waals surface area (Å²) in [5.74, 6) is 2.65. The van der Waals surface area contributed by atoms with Crippen LogP contribution in [0.1, 0.15) is 5.56 Å². The van der Waals surface area contributed by atoms with E-state index in [1.807, 2.05) is 55.6 Å². The van der Waals surface area contributed by atoms with Gasteiger partial charge in [0.2, 0.25) is 5.95 Å². The van der Waals surface area contributed by atoms with E-state index in [0.29, 0.717) is 11.5 Å². The van der Waals surface area contributed by atoms with Crippen molar-refractivity contribution in [2.75, 3.05) is 31.8 Å². The molecule has 9 aromatic rings. The lowest BCUT2D eigenvalue weighted by atomic mass is 10.2. The number of aromatic hydroxyl groups is 2. The van der Waals surface area contributed by atoms with E-state index < -0.39 is 0 Å². The summed E-state index contributed by atoms with van der Waals surface area (Å²) in [6, 6.07) is 24.0. The van der Waals surface area contributed by atoms with Crippen LogP contribution in [-0.4, -0.2) is 66.3 Å². The molecule has 4 N–H and O–H groups in total. The number of thiazole rings is 3. The molecular formula is C39H30N10O3S3. The van der Waals surface area contributed by atoms with Gasteiger partial charge in [-0.25, -0.2) is 29.9 Å². The molecule has 0 aliphatic heterocycles. The zero-order valence-electron chi connectivity index (χ0n) is 29.4. The highest BCUT2D eigenvalue weighted by Crippen LogP contribution is 2.34. The van der Waals surface area contributed by atoms with Gasteiger partial charge in [-0.2, -0.15) is 5.26 Å². The molecule has 6 aromatic heterocycles. The molecule has 0 atom stereocenters. The molecule has 3 aromatic carbocycles. The normalized spacial score (nSPS) is 10.6. The Morgan fingerprint density at radius 1 is 0.636 bits per heavy atom. The van der Waals surface area contributed by atoms with Crippen LogP contribution < -0.4 is 15.4 Å². The summed E-state index contributed by atoms with van der Waals surface area (Å²) in [4.78, 5) is 30.1. The monoisotopic (exact) mass is 782 g/mol. The van der Waals surface area contributed by atoms with Crippen LogP contribution in [0, 0.1) is 11.3 Å². The van der Waals surface area contributed by atoms with Crippen molar-refractivity contribution in [1.29, 1.82) is 5.26 Å². The van der Waals surface area contributed by atoms with Crippen LogP contribution in [0.25, 0.3) is 62.4 Å². The summed E-state index contributed by atoms with van der Waals surface area (Å²) in [5, 5.41) is 36.4.